The van der Waals surface area contributed by atoms with Crippen molar-refractivity contribution >= 4 is 34.8 Å². The third-order valence-corrected chi connectivity index (χ3v) is 3.89. The molecule has 1 fully saturated rings. The third-order valence-electron chi connectivity index (χ3n) is 2.53. The van der Waals surface area contributed by atoms with Crippen LogP contribution in [0.15, 0.2) is 30.3 Å². The molecule has 0 radical (unpaired) electrons. The molecule has 0 N–H and O–H groups in total. The van der Waals surface area contributed by atoms with E-state index in [-0.39, 0.29) is 11.8 Å². The molecule has 2 atom stereocenters. The van der Waals surface area contributed by atoms with Crippen molar-refractivity contribution in [3.05, 3.63) is 35.9 Å². The van der Waals surface area contributed by atoms with Crippen LogP contribution in [0.3, 0.4) is 0 Å². The van der Waals surface area contributed by atoms with Gasteiger partial charge in [-0.2, -0.15) is 0 Å². The molecule has 13 heavy (non-hydrogen) atoms. The van der Waals surface area contributed by atoms with Gasteiger partial charge >= 0.3 is 0 Å². The van der Waals surface area contributed by atoms with E-state index in [0.29, 0.717) is 5.88 Å². The molecule has 1 aliphatic carbocycles. The van der Waals surface area contributed by atoms with Crippen molar-refractivity contribution in [2.45, 2.75) is 10.3 Å². The Hall–Kier alpha value is 0.0900. The maximum Gasteiger partial charge on any atom is 0.130 e. The minimum atomic E-state index is -0.650. The van der Waals surface area contributed by atoms with Gasteiger partial charge in [0.1, 0.15) is 4.33 Å². The summed E-state index contributed by atoms with van der Waals surface area (Å²) in [5, 5.41) is 0. The van der Waals surface area contributed by atoms with E-state index in [9.17, 15) is 0 Å². The number of hydrogen-bond acceptors (Lipinski definition) is 0. The Balaban J connectivity index is 2.22. The highest BCUT2D eigenvalue weighted by Gasteiger charge is 2.62. The average molecular weight is 236 g/mol. The van der Waals surface area contributed by atoms with Crippen LogP contribution in [0.4, 0.5) is 0 Å². The molecule has 2 rings (SSSR count). The normalized spacial score (nSPS) is 30.1. The summed E-state index contributed by atoms with van der Waals surface area (Å²) in [5.41, 5.74) is 1.18. The van der Waals surface area contributed by atoms with E-state index in [1.165, 1.54) is 5.56 Å². The lowest BCUT2D eigenvalue weighted by Gasteiger charge is -1.98. The third kappa shape index (κ3) is 1.56. The summed E-state index contributed by atoms with van der Waals surface area (Å²) >= 11 is 17.9. The second kappa shape index (κ2) is 3.34. The van der Waals surface area contributed by atoms with Crippen LogP contribution in [0.1, 0.15) is 11.5 Å². The van der Waals surface area contributed by atoms with Crippen LogP contribution < -0.4 is 0 Å². The maximum absolute atomic E-state index is 6.09. The summed E-state index contributed by atoms with van der Waals surface area (Å²) in [7, 11) is 0. The SMILES string of the molecule is ClC[C@@H]1[C@@H](c2ccccc2)C1(Cl)Cl. The second-order valence-electron chi connectivity index (χ2n) is 3.32. The molecule has 0 aromatic heterocycles. The van der Waals surface area contributed by atoms with Crippen LogP contribution >= 0.6 is 34.8 Å². The minimum absolute atomic E-state index is 0.194. The molecule has 1 saturated carbocycles. The second-order valence-corrected chi connectivity index (χ2v) is 5.08. The maximum atomic E-state index is 6.09. The molecule has 0 aliphatic heterocycles. The first-order valence-electron chi connectivity index (χ1n) is 4.16. The van der Waals surface area contributed by atoms with Crippen LogP contribution in [-0.2, 0) is 0 Å². The summed E-state index contributed by atoms with van der Waals surface area (Å²) in [4.78, 5) is 0. The first-order chi connectivity index (χ1) is 6.18. The van der Waals surface area contributed by atoms with Crippen molar-refractivity contribution in [3.63, 3.8) is 0 Å². The van der Waals surface area contributed by atoms with Crippen molar-refractivity contribution in [2.75, 3.05) is 5.88 Å². The Morgan fingerprint density at radius 3 is 2.23 bits per heavy atom. The molecule has 0 unspecified atom stereocenters. The Labute approximate surface area is 92.8 Å². The molecule has 70 valence electrons. The van der Waals surface area contributed by atoms with Crippen molar-refractivity contribution in [2.24, 2.45) is 5.92 Å². The fourth-order valence-electron chi connectivity index (χ4n) is 1.70. The zero-order valence-electron chi connectivity index (χ0n) is 6.88. The van der Waals surface area contributed by atoms with E-state index in [1.54, 1.807) is 0 Å². The van der Waals surface area contributed by atoms with E-state index in [2.05, 4.69) is 0 Å². The van der Waals surface area contributed by atoms with E-state index in [4.69, 9.17) is 34.8 Å². The van der Waals surface area contributed by atoms with Gasteiger partial charge in [0.2, 0.25) is 0 Å². The van der Waals surface area contributed by atoms with Crippen LogP contribution in [0.25, 0.3) is 0 Å². The first-order valence-corrected chi connectivity index (χ1v) is 5.45. The highest BCUT2D eigenvalue weighted by molar-refractivity contribution is 6.52. The minimum Gasteiger partial charge on any atom is -0.126 e. The number of alkyl halides is 3. The predicted molar refractivity (Wildman–Crippen MR) is 57.8 cm³/mol. The van der Waals surface area contributed by atoms with E-state index in [0.717, 1.165) is 0 Å². The number of hydrogen-bond donors (Lipinski definition) is 0. The number of benzene rings is 1. The summed E-state index contributed by atoms with van der Waals surface area (Å²) in [5.74, 6) is 0.918. The summed E-state index contributed by atoms with van der Waals surface area (Å²) < 4.78 is -0.650. The quantitative estimate of drug-likeness (QED) is 0.684. The van der Waals surface area contributed by atoms with Crippen molar-refractivity contribution in [1.82, 2.24) is 0 Å². The lowest BCUT2D eigenvalue weighted by atomic mass is 10.1. The smallest absolute Gasteiger partial charge is 0.126 e. The molecule has 0 amide bonds. The fourth-order valence-corrected chi connectivity index (χ4v) is 3.11. The Bertz CT molecular complexity index is 294. The molecule has 0 nitrogen and oxygen atoms in total. The molecule has 3 heteroatoms. The molecule has 0 spiro atoms. The lowest BCUT2D eigenvalue weighted by Crippen LogP contribution is -1.90. The zero-order chi connectivity index (χ0) is 9.47. The van der Waals surface area contributed by atoms with E-state index in [1.807, 2.05) is 30.3 Å². The van der Waals surface area contributed by atoms with Gasteiger partial charge in [0.05, 0.1) is 0 Å². The fraction of sp³-hybridized carbons (Fsp3) is 0.400. The van der Waals surface area contributed by atoms with Gasteiger partial charge in [-0.25, -0.2) is 0 Å². The largest absolute Gasteiger partial charge is 0.130 e. The summed E-state index contributed by atoms with van der Waals surface area (Å²) in [6, 6.07) is 10.0. The van der Waals surface area contributed by atoms with Gasteiger partial charge in [-0.1, -0.05) is 30.3 Å². The van der Waals surface area contributed by atoms with Crippen LogP contribution in [0, 0.1) is 5.92 Å². The molecule has 1 aromatic carbocycles. The number of halogens is 3. The lowest BCUT2D eigenvalue weighted by molar-refractivity contribution is 0.920. The van der Waals surface area contributed by atoms with Crippen LogP contribution in [-0.4, -0.2) is 10.2 Å². The highest BCUT2D eigenvalue weighted by atomic mass is 35.5. The van der Waals surface area contributed by atoms with Gasteiger partial charge in [-0.3, -0.25) is 0 Å². The predicted octanol–water partition coefficient (Wildman–Crippen LogP) is 3.81. The van der Waals surface area contributed by atoms with Crippen molar-refractivity contribution in [3.8, 4) is 0 Å². The molecule has 1 aliphatic rings. The van der Waals surface area contributed by atoms with Gasteiger partial charge < -0.3 is 0 Å². The Morgan fingerprint density at radius 1 is 1.15 bits per heavy atom. The summed E-state index contributed by atoms with van der Waals surface area (Å²) in [6.07, 6.45) is 0. The van der Waals surface area contributed by atoms with Gasteiger partial charge in [-0.05, 0) is 5.56 Å². The van der Waals surface area contributed by atoms with Gasteiger partial charge in [0, 0.05) is 17.7 Å². The topological polar surface area (TPSA) is 0 Å². The summed E-state index contributed by atoms with van der Waals surface area (Å²) in [6.45, 7) is 0. The molecule has 0 saturated heterocycles. The Morgan fingerprint density at radius 2 is 1.77 bits per heavy atom. The highest BCUT2D eigenvalue weighted by Crippen LogP contribution is 2.65. The molecule has 0 heterocycles. The first kappa shape index (κ1) is 9.64. The van der Waals surface area contributed by atoms with Gasteiger partial charge in [-0.15, -0.1) is 34.8 Å². The van der Waals surface area contributed by atoms with Gasteiger partial charge in [0.15, 0.2) is 0 Å². The van der Waals surface area contributed by atoms with Crippen molar-refractivity contribution < 1.29 is 0 Å². The number of rotatable bonds is 2. The Kier molecular flexibility index (Phi) is 2.48. The monoisotopic (exact) mass is 234 g/mol. The molecular formula is C10H9Cl3. The molecular weight excluding hydrogens is 226 g/mol. The molecule has 1 aromatic rings. The van der Waals surface area contributed by atoms with Crippen LogP contribution in [0.2, 0.25) is 0 Å². The van der Waals surface area contributed by atoms with E-state index < -0.39 is 4.33 Å². The zero-order valence-corrected chi connectivity index (χ0v) is 9.15. The molecule has 0 bridgehead atoms. The van der Waals surface area contributed by atoms with Crippen LogP contribution in [0.5, 0.6) is 0 Å². The van der Waals surface area contributed by atoms with E-state index >= 15 is 0 Å². The standard InChI is InChI=1S/C10H9Cl3/c11-6-8-9(10(8,12)13)7-4-2-1-3-5-7/h1-5,8-9H,6H2/t8-,9-/m1/s1. The average Bonchev–Trinajstić information content (AvgIpc) is 2.69. The van der Waals surface area contributed by atoms with Gasteiger partial charge in [0.25, 0.3) is 0 Å². The van der Waals surface area contributed by atoms with Crippen molar-refractivity contribution in [1.29, 1.82) is 0 Å².